The molecule has 0 spiro atoms. The van der Waals surface area contributed by atoms with Crippen LogP contribution in [0.2, 0.25) is 0 Å². The van der Waals surface area contributed by atoms with E-state index in [0.717, 1.165) is 13.1 Å². The molecule has 2 aliphatic heterocycles. The molecule has 3 nitrogen and oxygen atoms in total. The molecule has 0 aliphatic carbocycles. The molecule has 3 heteroatoms. The quantitative estimate of drug-likeness (QED) is 0.374. The lowest BCUT2D eigenvalue weighted by molar-refractivity contribution is 0.177. The van der Waals surface area contributed by atoms with Gasteiger partial charge in [0, 0.05) is 19.0 Å². The lowest BCUT2D eigenvalue weighted by Gasteiger charge is -2.12. The first-order chi connectivity index (χ1) is 7.40. The maximum Gasteiger partial charge on any atom is 0.177 e. The summed E-state index contributed by atoms with van der Waals surface area (Å²) in [4.78, 5) is 7.54. The second-order valence-electron chi connectivity index (χ2n) is 3.81. The van der Waals surface area contributed by atoms with Crippen molar-refractivity contribution in [1.29, 1.82) is 0 Å². The van der Waals surface area contributed by atoms with Crippen LogP contribution in [0.4, 0.5) is 0 Å². The van der Waals surface area contributed by atoms with Crippen LogP contribution in [0, 0.1) is 30.1 Å². The zero-order valence-corrected chi connectivity index (χ0v) is 8.70. The van der Waals surface area contributed by atoms with Gasteiger partial charge >= 0.3 is 0 Å². The van der Waals surface area contributed by atoms with Crippen LogP contribution in [0.25, 0.3) is 0 Å². The van der Waals surface area contributed by atoms with Crippen molar-refractivity contribution >= 4 is 5.71 Å². The van der Waals surface area contributed by atoms with Crippen LogP contribution in [0.1, 0.15) is 12.8 Å². The second-order valence-corrected chi connectivity index (χ2v) is 3.81. The van der Waals surface area contributed by atoms with E-state index in [1.807, 2.05) is 0 Å². The summed E-state index contributed by atoms with van der Waals surface area (Å²) in [5.74, 6) is 8.70. The predicted molar refractivity (Wildman–Crippen MR) is 59.2 cm³/mol. The molecular weight excluding hydrogens is 188 g/mol. The number of rotatable bonds is 2. The monoisotopic (exact) mass is 202 g/mol. The molecule has 0 radical (unpaired) electrons. The van der Waals surface area contributed by atoms with Crippen molar-refractivity contribution in [2.24, 2.45) is 11.1 Å². The molecule has 2 heterocycles. The molecular formula is C12H14N2O. The van der Waals surface area contributed by atoms with Crippen LogP contribution >= 0.6 is 0 Å². The van der Waals surface area contributed by atoms with Gasteiger partial charge in [-0.15, -0.1) is 6.42 Å². The van der Waals surface area contributed by atoms with E-state index in [2.05, 4.69) is 27.8 Å². The Kier molecular flexibility index (Phi) is 3.27. The van der Waals surface area contributed by atoms with Crippen molar-refractivity contribution in [3.63, 3.8) is 0 Å². The highest BCUT2D eigenvalue weighted by molar-refractivity contribution is 5.91. The summed E-state index contributed by atoms with van der Waals surface area (Å²) in [5.41, 5.74) is 1.18. The summed E-state index contributed by atoms with van der Waals surface area (Å²) >= 11 is 0. The Labute approximate surface area is 90.5 Å². The van der Waals surface area contributed by atoms with Gasteiger partial charge < -0.3 is 4.84 Å². The molecule has 0 N–H and O–H groups in total. The van der Waals surface area contributed by atoms with Gasteiger partial charge in [-0.1, -0.05) is 22.9 Å². The molecule has 2 saturated heterocycles. The number of hydrogen-bond donors (Lipinski definition) is 0. The summed E-state index contributed by atoms with van der Waals surface area (Å²) in [5, 5.41) is 4.12. The summed E-state index contributed by atoms with van der Waals surface area (Å²) in [6, 6.07) is 0. The number of terminal acetylenes is 1. The van der Waals surface area contributed by atoms with E-state index in [4.69, 9.17) is 11.3 Å². The van der Waals surface area contributed by atoms with Gasteiger partial charge in [0.25, 0.3) is 0 Å². The number of piperidine rings is 1. The molecule has 2 aliphatic rings. The number of nitrogens with zero attached hydrogens (tertiary/aromatic N) is 2. The zero-order valence-electron chi connectivity index (χ0n) is 8.70. The normalized spacial score (nSPS) is 29.7. The fourth-order valence-corrected chi connectivity index (χ4v) is 2.02. The Balaban J connectivity index is 1.72. The average Bonchev–Trinajstić information content (AvgIpc) is 2.85. The average molecular weight is 202 g/mol. The molecule has 2 atom stereocenters. The molecule has 0 aromatic heterocycles. The van der Waals surface area contributed by atoms with E-state index in [1.54, 1.807) is 0 Å². The van der Waals surface area contributed by atoms with Crippen LogP contribution in [0.15, 0.2) is 5.16 Å². The van der Waals surface area contributed by atoms with Gasteiger partial charge in [0.05, 0.1) is 12.1 Å². The first-order valence-corrected chi connectivity index (χ1v) is 5.20. The molecule has 0 saturated carbocycles. The minimum absolute atomic E-state index is 0.345. The zero-order chi connectivity index (χ0) is 10.5. The maximum atomic E-state index is 5.14. The van der Waals surface area contributed by atoms with Crippen molar-refractivity contribution in [1.82, 2.24) is 4.90 Å². The van der Waals surface area contributed by atoms with Crippen LogP contribution in [-0.2, 0) is 4.84 Å². The predicted octanol–water partition coefficient (Wildman–Crippen LogP) is 0.721. The third-order valence-corrected chi connectivity index (χ3v) is 2.76. The highest BCUT2D eigenvalue weighted by Gasteiger charge is 2.35. The molecule has 2 rings (SSSR count). The Morgan fingerprint density at radius 1 is 1.53 bits per heavy atom. The van der Waals surface area contributed by atoms with Gasteiger partial charge in [-0.25, -0.2) is 0 Å². The molecule has 2 unspecified atom stereocenters. The summed E-state index contributed by atoms with van der Waals surface area (Å²) in [6.45, 7) is 3.69. The van der Waals surface area contributed by atoms with Crippen molar-refractivity contribution in [3.8, 4) is 24.2 Å². The third kappa shape index (κ3) is 2.52. The van der Waals surface area contributed by atoms with Gasteiger partial charge in [-0.05, 0) is 13.0 Å². The molecule has 0 amide bonds. The fourth-order valence-electron chi connectivity index (χ4n) is 2.02. The topological polar surface area (TPSA) is 24.8 Å². The van der Waals surface area contributed by atoms with Crippen molar-refractivity contribution in [2.45, 2.75) is 12.8 Å². The van der Waals surface area contributed by atoms with Crippen molar-refractivity contribution in [2.75, 3.05) is 26.2 Å². The van der Waals surface area contributed by atoms with Gasteiger partial charge in [0.1, 0.15) is 0 Å². The fraction of sp³-hybridized carbons (Fsp3) is 0.583. The highest BCUT2D eigenvalue weighted by atomic mass is 16.6. The lowest BCUT2D eigenvalue weighted by atomic mass is 10.0. The van der Waals surface area contributed by atoms with Gasteiger partial charge in [0.15, 0.2) is 6.61 Å². The first kappa shape index (κ1) is 10.1. The van der Waals surface area contributed by atoms with Crippen molar-refractivity contribution < 1.29 is 4.84 Å². The van der Waals surface area contributed by atoms with Gasteiger partial charge in [0.2, 0.25) is 0 Å². The minimum Gasteiger partial charge on any atom is -0.383 e. The van der Waals surface area contributed by atoms with Crippen LogP contribution in [0.3, 0.4) is 0 Å². The molecule has 0 aromatic carbocycles. The minimum atomic E-state index is 0.345. The molecule has 2 bridgehead atoms. The number of fused-ring (bicyclic) bond motifs is 2. The summed E-state index contributed by atoms with van der Waals surface area (Å²) in [7, 11) is 0. The largest absolute Gasteiger partial charge is 0.383 e. The number of oxime groups is 1. The van der Waals surface area contributed by atoms with Crippen LogP contribution in [0.5, 0.6) is 0 Å². The summed E-state index contributed by atoms with van der Waals surface area (Å²) in [6.07, 6.45) is 6.77. The Hall–Kier alpha value is -1.45. The lowest BCUT2D eigenvalue weighted by Crippen LogP contribution is -2.23. The molecule has 15 heavy (non-hydrogen) atoms. The highest BCUT2D eigenvalue weighted by Crippen LogP contribution is 2.25. The smallest absolute Gasteiger partial charge is 0.177 e. The van der Waals surface area contributed by atoms with E-state index < -0.39 is 0 Å². The maximum absolute atomic E-state index is 5.14. The Bertz CT molecular complexity index is 356. The standard InChI is InChI=1S/C12H14N2O/c1-2-3-4-5-8-15-13-12-10-14-7-6-11(12)9-14/h1,11H,3,6-10H2/b13-12+. The third-order valence-electron chi connectivity index (χ3n) is 2.76. The van der Waals surface area contributed by atoms with Gasteiger partial charge in [-0.2, -0.15) is 0 Å². The van der Waals surface area contributed by atoms with Crippen LogP contribution < -0.4 is 0 Å². The second kappa shape index (κ2) is 4.87. The molecule has 2 fully saturated rings. The van der Waals surface area contributed by atoms with Crippen molar-refractivity contribution in [3.05, 3.63) is 0 Å². The van der Waals surface area contributed by atoms with E-state index in [9.17, 15) is 0 Å². The van der Waals surface area contributed by atoms with Crippen LogP contribution in [-0.4, -0.2) is 36.9 Å². The SMILES string of the molecule is C#CCC#CCO/N=C1\CN2CCC1C2. The first-order valence-electron chi connectivity index (χ1n) is 5.20. The van der Waals surface area contributed by atoms with E-state index in [1.165, 1.54) is 18.7 Å². The molecule has 0 aromatic rings. The Morgan fingerprint density at radius 2 is 2.47 bits per heavy atom. The Morgan fingerprint density at radius 3 is 3.13 bits per heavy atom. The van der Waals surface area contributed by atoms with E-state index in [0.29, 0.717) is 18.9 Å². The summed E-state index contributed by atoms with van der Waals surface area (Å²) < 4.78 is 0. The van der Waals surface area contributed by atoms with Gasteiger partial charge in [-0.3, -0.25) is 4.90 Å². The van der Waals surface area contributed by atoms with E-state index >= 15 is 0 Å². The van der Waals surface area contributed by atoms with E-state index in [-0.39, 0.29) is 0 Å². The molecule has 78 valence electrons. The number of hydrogen-bond acceptors (Lipinski definition) is 3.